The van der Waals surface area contributed by atoms with E-state index in [0.717, 1.165) is 25.6 Å². The third kappa shape index (κ3) is 6.32. The lowest BCUT2D eigenvalue weighted by molar-refractivity contribution is -0.130. The molecule has 0 heterocycles. The number of hydrogen-bond acceptors (Lipinski definition) is 4. The van der Waals surface area contributed by atoms with Gasteiger partial charge in [0.05, 0.1) is 12.8 Å². The fraction of sp³-hybridized carbons (Fsp3) is 0.909. The molecule has 6 nitrogen and oxygen atoms in total. The number of hydrogen-bond donors (Lipinski definition) is 2. The zero-order valence-electron chi connectivity index (χ0n) is 11.1. The summed E-state index contributed by atoms with van der Waals surface area (Å²) >= 11 is 0. The van der Waals surface area contributed by atoms with E-state index in [0.29, 0.717) is 32.1 Å². The highest BCUT2D eigenvalue weighted by Crippen LogP contribution is 2.26. The molecule has 0 spiro atoms. The SMILES string of the molecule is CCN(C(=O)CNCCCNS(C)(=O)=O)C1CC1. The highest BCUT2D eigenvalue weighted by molar-refractivity contribution is 7.88. The van der Waals surface area contributed by atoms with Crippen molar-refractivity contribution in [3.05, 3.63) is 0 Å². The second-order valence-corrected chi connectivity index (χ2v) is 6.44. The molecule has 1 fully saturated rings. The van der Waals surface area contributed by atoms with Gasteiger partial charge in [0, 0.05) is 19.1 Å². The average molecular weight is 277 g/mol. The molecule has 1 aliphatic carbocycles. The predicted molar refractivity (Wildman–Crippen MR) is 70.7 cm³/mol. The summed E-state index contributed by atoms with van der Waals surface area (Å²) in [4.78, 5) is 13.7. The molecule has 2 N–H and O–H groups in total. The maximum atomic E-state index is 11.8. The number of nitrogens with one attached hydrogen (secondary N) is 2. The zero-order valence-corrected chi connectivity index (χ0v) is 11.9. The number of carbonyl (C=O) groups excluding carboxylic acids is 1. The van der Waals surface area contributed by atoms with Crippen LogP contribution in [0.1, 0.15) is 26.2 Å². The van der Waals surface area contributed by atoms with Gasteiger partial charge in [0.25, 0.3) is 0 Å². The van der Waals surface area contributed by atoms with Gasteiger partial charge < -0.3 is 10.2 Å². The standard InChI is InChI=1S/C11H23N3O3S/c1-3-14(10-5-6-10)11(15)9-12-7-4-8-13-18(2,16)17/h10,12-13H,3-9H2,1-2H3. The van der Waals surface area contributed by atoms with E-state index < -0.39 is 10.0 Å². The van der Waals surface area contributed by atoms with Gasteiger partial charge in [-0.3, -0.25) is 4.79 Å². The van der Waals surface area contributed by atoms with E-state index in [2.05, 4.69) is 10.0 Å². The van der Waals surface area contributed by atoms with E-state index in [-0.39, 0.29) is 5.91 Å². The first kappa shape index (κ1) is 15.4. The maximum Gasteiger partial charge on any atom is 0.236 e. The zero-order chi connectivity index (χ0) is 13.6. The van der Waals surface area contributed by atoms with Crippen molar-refractivity contribution >= 4 is 15.9 Å². The molecule has 1 amide bonds. The fourth-order valence-electron chi connectivity index (χ4n) is 1.79. The lowest BCUT2D eigenvalue weighted by Crippen LogP contribution is -2.40. The number of sulfonamides is 1. The van der Waals surface area contributed by atoms with Crippen molar-refractivity contribution in [1.29, 1.82) is 0 Å². The van der Waals surface area contributed by atoms with E-state index in [4.69, 9.17) is 0 Å². The topological polar surface area (TPSA) is 78.5 Å². The molecule has 0 unspecified atom stereocenters. The molecule has 0 radical (unpaired) electrons. The van der Waals surface area contributed by atoms with Gasteiger partial charge in [0.15, 0.2) is 0 Å². The lowest BCUT2D eigenvalue weighted by Gasteiger charge is -2.20. The highest BCUT2D eigenvalue weighted by atomic mass is 32.2. The minimum atomic E-state index is -3.10. The maximum absolute atomic E-state index is 11.8. The Bertz CT molecular complexity index is 366. The fourth-order valence-corrected chi connectivity index (χ4v) is 2.31. The number of likely N-dealkylation sites (N-methyl/N-ethyl adjacent to an activating group) is 1. The van der Waals surface area contributed by atoms with E-state index in [1.807, 2.05) is 11.8 Å². The molecular formula is C11H23N3O3S. The quantitative estimate of drug-likeness (QED) is 0.558. The van der Waals surface area contributed by atoms with Crippen molar-refractivity contribution in [2.75, 3.05) is 32.4 Å². The molecule has 0 bridgehead atoms. The Morgan fingerprint density at radius 1 is 1.33 bits per heavy atom. The van der Waals surface area contributed by atoms with Gasteiger partial charge in [0.1, 0.15) is 0 Å². The largest absolute Gasteiger partial charge is 0.339 e. The Kier molecular flexibility index (Phi) is 6.04. The summed E-state index contributed by atoms with van der Waals surface area (Å²) in [7, 11) is -3.10. The molecule has 1 aliphatic rings. The van der Waals surface area contributed by atoms with Gasteiger partial charge in [-0.2, -0.15) is 0 Å². The van der Waals surface area contributed by atoms with Crippen LogP contribution in [0.5, 0.6) is 0 Å². The van der Waals surface area contributed by atoms with E-state index in [9.17, 15) is 13.2 Å². The molecule has 0 atom stereocenters. The van der Waals surface area contributed by atoms with Gasteiger partial charge in [-0.1, -0.05) is 0 Å². The highest BCUT2D eigenvalue weighted by Gasteiger charge is 2.30. The summed E-state index contributed by atoms with van der Waals surface area (Å²) < 4.78 is 24.0. The van der Waals surface area contributed by atoms with Crippen LogP contribution in [0.25, 0.3) is 0 Å². The van der Waals surface area contributed by atoms with Crippen LogP contribution in [0, 0.1) is 0 Å². The van der Waals surface area contributed by atoms with Crippen LogP contribution < -0.4 is 10.0 Å². The molecule has 106 valence electrons. The smallest absolute Gasteiger partial charge is 0.236 e. The van der Waals surface area contributed by atoms with E-state index in [1.165, 1.54) is 0 Å². The van der Waals surface area contributed by atoms with Crippen molar-refractivity contribution in [1.82, 2.24) is 14.9 Å². The summed E-state index contributed by atoms with van der Waals surface area (Å²) in [6.45, 7) is 4.13. The minimum absolute atomic E-state index is 0.135. The van der Waals surface area contributed by atoms with Crippen molar-refractivity contribution in [3.8, 4) is 0 Å². The number of carbonyl (C=O) groups is 1. The Morgan fingerprint density at radius 2 is 2.00 bits per heavy atom. The summed E-state index contributed by atoms with van der Waals surface area (Å²) in [5.41, 5.74) is 0. The van der Waals surface area contributed by atoms with Crippen molar-refractivity contribution in [2.24, 2.45) is 0 Å². The summed E-state index contributed by atoms with van der Waals surface area (Å²) in [6, 6.07) is 0.455. The van der Waals surface area contributed by atoms with Crippen LogP contribution in [-0.2, 0) is 14.8 Å². The van der Waals surface area contributed by atoms with Crippen LogP contribution in [0.2, 0.25) is 0 Å². The Labute approximate surface area is 109 Å². The molecular weight excluding hydrogens is 254 g/mol. The van der Waals surface area contributed by atoms with Gasteiger partial charge in [-0.15, -0.1) is 0 Å². The third-order valence-electron chi connectivity index (χ3n) is 2.82. The second-order valence-electron chi connectivity index (χ2n) is 4.61. The number of rotatable bonds is 9. The minimum Gasteiger partial charge on any atom is -0.339 e. The monoisotopic (exact) mass is 277 g/mol. The molecule has 0 aromatic rings. The predicted octanol–water partition coefficient (Wildman–Crippen LogP) is -0.474. The molecule has 1 saturated carbocycles. The van der Waals surface area contributed by atoms with Gasteiger partial charge in [0.2, 0.25) is 15.9 Å². The number of nitrogens with zero attached hydrogens (tertiary/aromatic N) is 1. The summed E-state index contributed by atoms with van der Waals surface area (Å²) in [5, 5.41) is 3.04. The van der Waals surface area contributed by atoms with E-state index >= 15 is 0 Å². The van der Waals surface area contributed by atoms with Crippen molar-refractivity contribution < 1.29 is 13.2 Å². The van der Waals surface area contributed by atoms with Crippen LogP contribution in [0.3, 0.4) is 0 Å². The second kappa shape index (κ2) is 7.06. The Hall–Kier alpha value is -0.660. The lowest BCUT2D eigenvalue weighted by atomic mass is 10.4. The van der Waals surface area contributed by atoms with Crippen molar-refractivity contribution in [3.63, 3.8) is 0 Å². The van der Waals surface area contributed by atoms with Crippen LogP contribution in [0.4, 0.5) is 0 Å². The number of amides is 1. The molecule has 0 aliphatic heterocycles. The molecule has 0 saturated heterocycles. The molecule has 0 aromatic carbocycles. The first-order valence-corrected chi connectivity index (χ1v) is 8.28. The van der Waals surface area contributed by atoms with Crippen LogP contribution >= 0.6 is 0 Å². The average Bonchev–Trinajstić information content (AvgIpc) is 3.07. The molecule has 7 heteroatoms. The Balaban J connectivity index is 2.05. The molecule has 1 rings (SSSR count). The van der Waals surface area contributed by atoms with Gasteiger partial charge in [-0.25, -0.2) is 13.1 Å². The van der Waals surface area contributed by atoms with Crippen molar-refractivity contribution in [2.45, 2.75) is 32.2 Å². The van der Waals surface area contributed by atoms with E-state index in [1.54, 1.807) is 0 Å². The molecule has 0 aromatic heterocycles. The van der Waals surface area contributed by atoms with Gasteiger partial charge in [-0.05, 0) is 32.7 Å². The first-order chi connectivity index (χ1) is 8.44. The summed E-state index contributed by atoms with van der Waals surface area (Å²) in [6.07, 6.45) is 4.06. The van der Waals surface area contributed by atoms with Crippen LogP contribution in [0.15, 0.2) is 0 Å². The molecule has 18 heavy (non-hydrogen) atoms. The Morgan fingerprint density at radius 3 is 2.50 bits per heavy atom. The van der Waals surface area contributed by atoms with Gasteiger partial charge >= 0.3 is 0 Å². The normalized spacial score (nSPS) is 15.7. The summed E-state index contributed by atoms with van der Waals surface area (Å²) in [5.74, 6) is 0.135. The van der Waals surface area contributed by atoms with Crippen LogP contribution in [-0.4, -0.2) is 57.7 Å². The first-order valence-electron chi connectivity index (χ1n) is 6.39. The third-order valence-corrected chi connectivity index (χ3v) is 3.55.